The zero-order chi connectivity index (χ0) is 10.7. The largest absolute Gasteiger partial charge is 0.361 e. The minimum atomic E-state index is 1.15. The number of aromatic nitrogens is 1. The summed E-state index contributed by atoms with van der Waals surface area (Å²) in [6.45, 7) is 4.37. The van der Waals surface area contributed by atoms with Crippen LogP contribution in [0.5, 0.6) is 0 Å². The molecule has 1 heteroatoms. The molecule has 0 atom stereocenters. The molecule has 0 aliphatic heterocycles. The molecule has 78 valence electrons. The average molecular weight is 199 g/mol. The van der Waals surface area contributed by atoms with Crippen LogP contribution in [0.4, 0.5) is 0 Å². The topological polar surface area (TPSA) is 15.8 Å². The van der Waals surface area contributed by atoms with Gasteiger partial charge >= 0.3 is 0 Å². The van der Waals surface area contributed by atoms with Crippen molar-refractivity contribution in [1.82, 2.24) is 4.98 Å². The van der Waals surface area contributed by atoms with Crippen LogP contribution in [0.25, 0.3) is 11.3 Å². The second-order valence-corrected chi connectivity index (χ2v) is 3.94. The van der Waals surface area contributed by atoms with E-state index in [0.717, 1.165) is 6.42 Å². The van der Waals surface area contributed by atoms with Crippen molar-refractivity contribution in [3.05, 3.63) is 47.7 Å². The van der Waals surface area contributed by atoms with E-state index in [1.54, 1.807) is 0 Å². The number of rotatable bonds is 3. The van der Waals surface area contributed by atoms with Crippen LogP contribution in [0.3, 0.4) is 0 Å². The second kappa shape index (κ2) is 4.35. The number of hydrogen-bond donors (Lipinski definition) is 1. The van der Waals surface area contributed by atoms with Crippen LogP contribution in [0.1, 0.15) is 24.5 Å². The Labute approximate surface area is 91.2 Å². The van der Waals surface area contributed by atoms with Crippen molar-refractivity contribution in [2.75, 3.05) is 0 Å². The second-order valence-electron chi connectivity index (χ2n) is 3.94. The minimum Gasteiger partial charge on any atom is -0.361 e. The maximum atomic E-state index is 3.32. The van der Waals surface area contributed by atoms with Crippen LogP contribution < -0.4 is 0 Å². The highest BCUT2D eigenvalue weighted by atomic mass is 14.7. The van der Waals surface area contributed by atoms with Crippen molar-refractivity contribution in [2.45, 2.75) is 26.7 Å². The number of hydrogen-bond acceptors (Lipinski definition) is 0. The molecular weight excluding hydrogens is 182 g/mol. The average Bonchev–Trinajstić information content (AvgIpc) is 2.66. The van der Waals surface area contributed by atoms with E-state index in [9.17, 15) is 0 Å². The third kappa shape index (κ3) is 1.96. The molecule has 0 fully saturated rings. The van der Waals surface area contributed by atoms with Crippen LogP contribution in [-0.4, -0.2) is 4.98 Å². The van der Waals surface area contributed by atoms with Gasteiger partial charge in [-0.15, -0.1) is 0 Å². The number of aromatic amines is 1. The van der Waals surface area contributed by atoms with Crippen molar-refractivity contribution in [3.63, 3.8) is 0 Å². The highest BCUT2D eigenvalue weighted by Crippen LogP contribution is 2.25. The standard InChI is InChI=1S/C14H17N/c1-3-6-12-7-4-5-8-13(12)14-11(2)9-10-15-14/h4-5,7-10,15H,3,6H2,1-2H3. The molecule has 1 aromatic heterocycles. The van der Waals surface area contributed by atoms with E-state index in [1.165, 1.54) is 28.8 Å². The summed E-state index contributed by atoms with van der Waals surface area (Å²) in [6.07, 6.45) is 4.35. The van der Waals surface area contributed by atoms with Gasteiger partial charge in [0.15, 0.2) is 0 Å². The first-order chi connectivity index (χ1) is 7.33. The SMILES string of the molecule is CCCc1ccccc1-c1[nH]ccc1C. The Kier molecular flexibility index (Phi) is 2.91. The van der Waals surface area contributed by atoms with Crippen LogP contribution in [0, 0.1) is 6.92 Å². The maximum absolute atomic E-state index is 3.32. The Bertz CT molecular complexity index is 440. The van der Waals surface area contributed by atoms with Crippen LogP contribution in [-0.2, 0) is 6.42 Å². The Morgan fingerprint density at radius 3 is 2.60 bits per heavy atom. The number of H-pyrrole nitrogens is 1. The molecule has 0 saturated heterocycles. The molecule has 15 heavy (non-hydrogen) atoms. The number of nitrogens with one attached hydrogen (secondary N) is 1. The molecule has 0 amide bonds. The highest BCUT2D eigenvalue weighted by molar-refractivity contribution is 5.67. The minimum absolute atomic E-state index is 1.15. The van der Waals surface area contributed by atoms with Crippen molar-refractivity contribution >= 4 is 0 Å². The van der Waals surface area contributed by atoms with Gasteiger partial charge in [0.2, 0.25) is 0 Å². The fourth-order valence-electron chi connectivity index (χ4n) is 1.99. The lowest BCUT2D eigenvalue weighted by molar-refractivity contribution is 0.922. The lowest BCUT2D eigenvalue weighted by Gasteiger charge is -2.08. The van der Waals surface area contributed by atoms with Crippen molar-refractivity contribution in [2.24, 2.45) is 0 Å². The van der Waals surface area contributed by atoms with Crippen molar-refractivity contribution < 1.29 is 0 Å². The van der Waals surface area contributed by atoms with E-state index < -0.39 is 0 Å². The Balaban J connectivity index is 2.48. The van der Waals surface area contributed by atoms with Gasteiger partial charge in [-0.25, -0.2) is 0 Å². The van der Waals surface area contributed by atoms with E-state index in [-0.39, 0.29) is 0 Å². The Morgan fingerprint density at radius 2 is 1.93 bits per heavy atom. The molecule has 1 N–H and O–H groups in total. The monoisotopic (exact) mass is 199 g/mol. The van der Waals surface area contributed by atoms with Crippen LogP contribution in [0.15, 0.2) is 36.5 Å². The molecule has 0 radical (unpaired) electrons. The lowest BCUT2D eigenvalue weighted by Crippen LogP contribution is -1.90. The van der Waals surface area contributed by atoms with Gasteiger partial charge in [0, 0.05) is 17.5 Å². The van der Waals surface area contributed by atoms with E-state index in [2.05, 4.69) is 49.2 Å². The molecule has 2 rings (SSSR count). The van der Waals surface area contributed by atoms with Gasteiger partial charge in [0.1, 0.15) is 0 Å². The molecule has 0 spiro atoms. The molecule has 0 aliphatic carbocycles. The molecule has 0 bridgehead atoms. The van der Waals surface area contributed by atoms with E-state index in [0.29, 0.717) is 0 Å². The predicted molar refractivity (Wildman–Crippen MR) is 65.0 cm³/mol. The molecule has 1 heterocycles. The summed E-state index contributed by atoms with van der Waals surface area (Å²) in [7, 11) is 0. The smallest absolute Gasteiger partial charge is 0.0486 e. The third-order valence-electron chi connectivity index (χ3n) is 2.76. The van der Waals surface area contributed by atoms with Gasteiger partial charge in [0.05, 0.1) is 0 Å². The fraction of sp³-hybridized carbons (Fsp3) is 0.286. The molecule has 0 aliphatic rings. The van der Waals surface area contributed by atoms with Gasteiger partial charge in [-0.3, -0.25) is 0 Å². The first kappa shape index (κ1) is 10.0. The molecule has 0 saturated carbocycles. The quantitative estimate of drug-likeness (QED) is 0.770. The Hall–Kier alpha value is -1.50. The van der Waals surface area contributed by atoms with Gasteiger partial charge in [0.25, 0.3) is 0 Å². The van der Waals surface area contributed by atoms with Crippen molar-refractivity contribution in [3.8, 4) is 11.3 Å². The van der Waals surface area contributed by atoms with Gasteiger partial charge in [-0.1, -0.05) is 37.6 Å². The van der Waals surface area contributed by atoms with E-state index >= 15 is 0 Å². The summed E-state index contributed by atoms with van der Waals surface area (Å²) in [5.74, 6) is 0. The summed E-state index contributed by atoms with van der Waals surface area (Å²) in [4.78, 5) is 3.32. The normalized spacial score (nSPS) is 10.5. The summed E-state index contributed by atoms with van der Waals surface area (Å²) in [6, 6.07) is 10.8. The number of aryl methyl sites for hydroxylation is 2. The van der Waals surface area contributed by atoms with Crippen LogP contribution in [0.2, 0.25) is 0 Å². The summed E-state index contributed by atoms with van der Waals surface area (Å²) in [5.41, 5.74) is 5.37. The molecular formula is C14H17N. The molecule has 1 nitrogen and oxygen atoms in total. The fourth-order valence-corrected chi connectivity index (χ4v) is 1.99. The molecule has 2 aromatic rings. The van der Waals surface area contributed by atoms with Gasteiger partial charge in [-0.2, -0.15) is 0 Å². The Morgan fingerprint density at radius 1 is 1.13 bits per heavy atom. The summed E-state index contributed by atoms with van der Waals surface area (Å²) < 4.78 is 0. The molecule has 0 unspecified atom stereocenters. The number of benzene rings is 1. The first-order valence-corrected chi connectivity index (χ1v) is 5.55. The third-order valence-corrected chi connectivity index (χ3v) is 2.76. The van der Waals surface area contributed by atoms with Gasteiger partial charge < -0.3 is 4.98 Å². The summed E-state index contributed by atoms with van der Waals surface area (Å²) in [5, 5.41) is 0. The first-order valence-electron chi connectivity index (χ1n) is 5.55. The van der Waals surface area contributed by atoms with E-state index in [4.69, 9.17) is 0 Å². The zero-order valence-corrected chi connectivity index (χ0v) is 9.38. The van der Waals surface area contributed by atoms with Crippen LogP contribution >= 0.6 is 0 Å². The lowest BCUT2D eigenvalue weighted by atomic mass is 9.99. The zero-order valence-electron chi connectivity index (χ0n) is 9.38. The van der Waals surface area contributed by atoms with E-state index in [1.807, 2.05) is 6.20 Å². The maximum Gasteiger partial charge on any atom is 0.0486 e. The summed E-state index contributed by atoms with van der Waals surface area (Å²) >= 11 is 0. The predicted octanol–water partition coefficient (Wildman–Crippen LogP) is 3.94. The molecule has 1 aromatic carbocycles. The van der Waals surface area contributed by atoms with Gasteiger partial charge in [-0.05, 0) is 30.5 Å². The highest BCUT2D eigenvalue weighted by Gasteiger charge is 2.06. The van der Waals surface area contributed by atoms with Crippen molar-refractivity contribution in [1.29, 1.82) is 0 Å².